The summed E-state index contributed by atoms with van der Waals surface area (Å²) in [5, 5.41) is 0. The molecule has 0 fully saturated rings. The van der Waals surface area contributed by atoms with Crippen molar-refractivity contribution in [3.05, 3.63) is 68.6 Å². The third-order valence-electron chi connectivity index (χ3n) is 2.82. The molecule has 0 saturated heterocycles. The van der Waals surface area contributed by atoms with E-state index in [0.29, 0.717) is 12.1 Å². The maximum atomic E-state index is 12.4. The summed E-state index contributed by atoms with van der Waals surface area (Å²) >= 11 is 6.91. The minimum Gasteiger partial charge on any atom is -0.337 e. The third kappa shape index (κ3) is 3.45. The van der Waals surface area contributed by atoms with E-state index in [1.165, 1.54) is 0 Å². The number of hydrogen-bond acceptors (Lipinski definition) is 1. The molecule has 1 amide bonds. The maximum absolute atomic E-state index is 12.4. The van der Waals surface area contributed by atoms with Gasteiger partial charge in [-0.3, -0.25) is 4.79 Å². The van der Waals surface area contributed by atoms with E-state index in [1.807, 2.05) is 48.5 Å². The Kier molecular flexibility index (Phi) is 4.77. The number of halogens is 2. The third-order valence-corrected chi connectivity index (χ3v) is 4.28. The number of nitrogens with zero attached hydrogens (tertiary/aromatic N) is 1. The van der Waals surface area contributed by atoms with Crippen LogP contribution in [0, 0.1) is 0 Å². The molecule has 0 unspecified atom stereocenters. The van der Waals surface area contributed by atoms with Crippen molar-refractivity contribution < 1.29 is 4.79 Å². The summed E-state index contributed by atoms with van der Waals surface area (Å²) in [5.41, 5.74) is 1.77. The van der Waals surface area contributed by atoms with Gasteiger partial charge in [-0.25, -0.2) is 0 Å². The predicted octanol–water partition coefficient (Wildman–Crippen LogP) is 4.48. The standard InChI is InChI=1S/C15H13Br2NO/c1-18(10-11-6-2-4-8-13(11)16)15(19)12-7-3-5-9-14(12)17/h2-9H,10H2,1H3. The molecule has 0 saturated carbocycles. The van der Waals surface area contributed by atoms with Crippen molar-refractivity contribution in [3.63, 3.8) is 0 Å². The van der Waals surface area contributed by atoms with Gasteiger partial charge in [-0.05, 0) is 39.7 Å². The van der Waals surface area contributed by atoms with Gasteiger partial charge in [0.15, 0.2) is 0 Å². The van der Waals surface area contributed by atoms with E-state index in [0.717, 1.165) is 14.5 Å². The van der Waals surface area contributed by atoms with E-state index in [2.05, 4.69) is 31.9 Å². The van der Waals surface area contributed by atoms with Gasteiger partial charge in [0.25, 0.3) is 5.91 Å². The smallest absolute Gasteiger partial charge is 0.255 e. The van der Waals surface area contributed by atoms with Crippen molar-refractivity contribution in [2.75, 3.05) is 7.05 Å². The quantitative estimate of drug-likeness (QED) is 0.766. The number of rotatable bonds is 3. The first-order valence-electron chi connectivity index (χ1n) is 5.83. The van der Waals surface area contributed by atoms with Crippen LogP contribution in [0.3, 0.4) is 0 Å². The Bertz CT molecular complexity index is 598. The summed E-state index contributed by atoms with van der Waals surface area (Å²) in [6.45, 7) is 0.571. The predicted molar refractivity (Wildman–Crippen MR) is 84.1 cm³/mol. The van der Waals surface area contributed by atoms with E-state index in [1.54, 1.807) is 11.9 Å². The lowest BCUT2D eigenvalue weighted by Gasteiger charge is -2.18. The lowest BCUT2D eigenvalue weighted by molar-refractivity contribution is 0.0784. The molecule has 2 aromatic rings. The lowest BCUT2D eigenvalue weighted by Crippen LogP contribution is -2.26. The zero-order chi connectivity index (χ0) is 13.8. The van der Waals surface area contributed by atoms with Crippen molar-refractivity contribution in [2.24, 2.45) is 0 Å². The van der Waals surface area contributed by atoms with Crippen molar-refractivity contribution in [3.8, 4) is 0 Å². The van der Waals surface area contributed by atoms with Gasteiger partial charge in [0, 0.05) is 22.5 Å². The molecule has 0 aliphatic heterocycles. The van der Waals surface area contributed by atoms with Gasteiger partial charge in [-0.2, -0.15) is 0 Å². The molecule has 2 rings (SSSR count). The molecular weight excluding hydrogens is 370 g/mol. The Morgan fingerprint density at radius 1 is 1.00 bits per heavy atom. The average Bonchev–Trinajstić information content (AvgIpc) is 2.41. The molecule has 0 spiro atoms. The molecule has 0 heterocycles. The molecule has 0 N–H and O–H groups in total. The Morgan fingerprint density at radius 2 is 1.58 bits per heavy atom. The van der Waals surface area contributed by atoms with E-state index in [9.17, 15) is 4.79 Å². The van der Waals surface area contributed by atoms with Crippen LogP contribution in [0.15, 0.2) is 57.5 Å². The van der Waals surface area contributed by atoms with E-state index >= 15 is 0 Å². The molecule has 0 radical (unpaired) electrons. The Balaban J connectivity index is 2.17. The minimum atomic E-state index is 0.00299. The van der Waals surface area contributed by atoms with Gasteiger partial charge >= 0.3 is 0 Å². The zero-order valence-corrected chi connectivity index (χ0v) is 13.6. The van der Waals surface area contributed by atoms with Crippen molar-refractivity contribution >= 4 is 37.8 Å². The summed E-state index contributed by atoms with van der Waals surface area (Å²) < 4.78 is 1.83. The van der Waals surface area contributed by atoms with Crippen LogP contribution in [0.1, 0.15) is 15.9 Å². The number of hydrogen-bond donors (Lipinski definition) is 0. The van der Waals surface area contributed by atoms with E-state index in [-0.39, 0.29) is 5.91 Å². The minimum absolute atomic E-state index is 0.00299. The molecule has 4 heteroatoms. The van der Waals surface area contributed by atoms with Crippen LogP contribution in [0.5, 0.6) is 0 Å². The molecule has 0 aromatic heterocycles. The highest BCUT2D eigenvalue weighted by molar-refractivity contribution is 9.10. The highest BCUT2D eigenvalue weighted by Gasteiger charge is 2.15. The Hall–Kier alpha value is -1.13. The molecular formula is C15H13Br2NO. The summed E-state index contributed by atoms with van der Waals surface area (Å²) in [6.07, 6.45) is 0. The topological polar surface area (TPSA) is 20.3 Å². The average molecular weight is 383 g/mol. The number of benzene rings is 2. The number of carbonyl (C=O) groups is 1. The van der Waals surface area contributed by atoms with E-state index < -0.39 is 0 Å². The van der Waals surface area contributed by atoms with E-state index in [4.69, 9.17) is 0 Å². The summed E-state index contributed by atoms with van der Waals surface area (Å²) in [5.74, 6) is 0.00299. The number of amides is 1. The molecule has 0 aliphatic carbocycles. The van der Waals surface area contributed by atoms with Crippen LogP contribution < -0.4 is 0 Å². The van der Waals surface area contributed by atoms with Crippen LogP contribution in [0.2, 0.25) is 0 Å². The zero-order valence-electron chi connectivity index (χ0n) is 10.4. The molecule has 19 heavy (non-hydrogen) atoms. The van der Waals surface area contributed by atoms with Crippen molar-refractivity contribution in [1.82, 2.24) is 4.90 Å². The van der Waals surface area contributed by atoms with Gasteiger partial charge in [-0.1, -0.05) is 46.3 Å². The first-order chi connectivity index (χ1) is 9.09. The maximum Gasteiger partial charge on any atom is 0.255 e. The fraction of sp³-hybridized carbons (Fsp3) is 0.133. The normalized spacial score (nSPS) is 10.3. The Labute approximate surface area is 129 Å². The van der Waals surface area contributed by atoms with Gasteiger partial charge in [0.1, 0.15) is 0 Å². The highest BCUT2D eigenvalue weighted by Crippen LogP contribution is 2.21. The summed E-state index contributed by atoms with van der Waals surface area (Å²) in [7, 11) is 1.81. The van der Waals surface area contributed by atoms with Gasteiger partial charge in [0.2, 0.25) is 0 Å². The first-order valence-corrected chi connectivity index (χ1v) is 7.41. The fourth-order valence-corrected chi connectivity index (χ4v) is 2.66. The van der Waals surface area contributed by atoms with Crippen LogP contribution in [0.25, 0.3) is 0 Å². The molecule has 98 valence electrons. The SMILES string of the molecule is CN(Cc1ccccc1Br)C(=O)c1ccccc1Br. The number of carbonyl (C=O) groups excluding carboxylic acids is 1. The molecule has 0 bridgehead atoms. The first kappa shape index (κ1) is 14.3. The van der Waals surface area contributed by atoms with Crippen molar-refractivity contribution in [1.29, 1.82) is 0 Å². The highest BCUT2D eigenvalue weighted by atomic mass is 79.9. The van der Waals surface area contributed by atoms with Gasteiger partial charge in [-0.15, -0.1) is 0 Å². The van der Waals surface area contributed by atoms with Crippen molar-refractivity contribution in [2.45, 2.75) is 6.54 Å². The van der Waals surface area contributed by atoms with Crippen LogP contribution >= 0.6 is 31.9 Å². The molecule has 0 aliphatic rings. The largest absolute Gasteiger partial charge is 0.337 e. The summed E-state index contributed by atoms with van der Waals surface area (Å²) in [6, 6.07) is 15.4. The van der Waals surface area contributed by atoms with Gasteiger partial charge in [0.05, 0.1) is 5.56 Å². The summed E-state index contributed by atoms with van der Waals surface area (Å²) in [4.78, 5) is 14.1. The second-order valence-corrected chi connectivity index (χ2v) is 5.94. The second-order valence-electron chi connectivity index (χ2n) is 4.23. The second kappa shape index (κ2) is 6.35. The fourth-order valence-electron chi connectivity index (χ4n) is 1.79. The van der Waals surface area contributed by atoms with Crippen LogP contribution in [-0.4, -0.2) is 17.9 Å². The molecule has 2 aromatic carbocycles. The molecule has 2 nitrogen and oxygen atoms in total. The van der Waals surface area contributed by atoms with Gasteiger partial charge < -0.3 is 4.90 Å². The monoisotopic (exact) mass is 381 g/mol. The van der Waals surface area contributed by atoms with Crippen LogP contribution in [-0.2, 0) is 6.54 Å². The lowest BCUT2D eigenvalue weighted by atomic mass is 10.1. The molecule has 0 atom stereocenters. The van der Waals surface area contributed by atoms with Crippen LogP contribution in [0.4, 0.5) is 0 Å². The Morgan fingerprint density at radius 3 is 2.21 bits per heavy atom.